The molecule has 20 heavy (non-hydrogen) atoms. The molecule has 1 rings (SSSR count). The molecule has 0 saturated heterocycles. The SMILES string of the molecule is CCCC[C@H](Nc1ccc(S(=O)(=O)CC)cc1)C(=O)O. The molecular weight excluding hydrogens is 278 g/mol. The number of benzene rings is 1. The van der Waals surface area contributed by atoms with Gasteiger partial charge in [0.2, 0.25) is 0 Å². The van der Waals surface area contributed by atoms with Crippen molar-refractivity contribution in [3.8, 4) is 0 Å². The summed E-state index contributed by atoms with van der Waals surface area (Å²) in [7, 11) is -3.22. The van der Waals surface area contributed by atoms with Gasteiger partial charge in [0.25, 0.3) is 0 Å². The van der Waals surface area contributed by atoms with Crippen molar-refractivity contribution in [2.24, 2.45) is 0 Å². The number of unbranched alkanes of at least 4 members (excludes halogenated alkanes) is 1. The van der Waals surface area contributed by atoms with E-state index in [0.29, 0.717) is 12.1 Å². The van der Waals surface area contributed by atoms with Crippen LogP contribution in [0.4, 0.5) is 5.69 Å². The van der Waals surface area contributed by atoms with Gasteiger partial charge in [0.15, 0.2) is 9.84 Å². The number of hydrogen-bond acceptors (Lipinski definition) is 4. The summed E-state index contributed by atoms with van der Waals surface area (Å²) in [5.41, 5.74) is 0.614. The van der Waals surface area contributed by atoms with Crippen LogP contribution < -0.4 is 5.32 Å². The molecule has 0 aliphatic carbocycles. The molecule has 0 fully saturated rings. The van der Waals surface area contributed by atoms with E-state index in [1.54, 1.807) is 19.1 Å². The predicted molar refractivity (Wildman–Crippen MR) is 78.7 cm³/mol. The fourth-order valence-corrected chi connectivity index (χ4v) is 2.68. The fourth-order valence-electron chi connectivity index (χ4n) is 1.79. The average Bonchev–Trinajstić information content (AvgIpc) is 2.43. The Labute approximate surface area is 119 Å². The summed E-state index contributed by atoms with van der Waals surface area (Å²) in [6.07, 6.45) is 2.30. The highest BCUT2D eigenvalue weighted by atomic mass is 32.2. The van der Waals surface area contributed by atoms with Gasteiger partial charge in [-0.3, -0.25) is 0 Å². The maximum atomic E-state index is 11.7. The fraction of sp³-hybridized carbons (Fsp3) is 0.500. The van der Waals surface area contributed by atoms with Crippen LogP contribution in [0.1, 0.15) is 33.1 Å². The Morgan fingerprint density at radius 2 is 1.85 bits per heavy atom. The molecule has 112 valence electrons. The lowest BCUT2D eigenvalue weighted by Gasteiger charge is -2.15. The Balaban J connectivity index is 2.80. The van der Waals surface area contributed by atoms with Crippen LogP contribution in [0, 0.1) is 0 Å². The lowest BCUT2D eigenvalue weighted by atomic mass is 10.1. The average molecular weight is 299 g/mol. The van der Waals surface area contributed by atoms with Crippen LogP contribution in [0.25, 0.3) is 0 Å². The number of carboxylic acids is 1. The number of nitrogens with one attached hydrogen (secondary N) is 1. The Bertz CT molecular complexity index is 537. The second-order valence-corrected chi connectivity index (χ2v) is 6.88. The van der Waals surface area contributed by atoms with Gasteiger partial charge in [0.05, 0.1) is 10.6 Å². The molecule has 0 aromatic heterocycles. The Morgan fingerprint density at radius 3 is 2.30 bits per heavy atom. The molecule has 1 aromatic carbocycles. The summed E-state index contributed by atoms with van der Waals surface area (Å²) in [6, 6.07) is 5.55. The normalized spacial score (nSPS) is 12.9. The summed E-state index contributed by atoms with van der Waals surface area (Å²) in [5.74, 6) is -0.850. The lowest BCUT2D eigenvalue weighted by Crippen LogP contribution is -2.29. The molecule has 0 spiro atoms. The zero-order chi connectivity index (χ0) is 15.2. The van der Waals surface area contributed by atoms with E-state index in [-0.39, 0.29) is 10.6 Å². The standard InChI is InChI=1S/C14H21NO4S/c1-3-5-6-13(14(16)17)15-11-7-9-12(10-8-11)20(18,19)4-2/h7-10,13,15H,3-6H2,1-2H3,(H,16,17)/t13-/m0/s1. The number of rotatable bonds is 8. The molecule has 6 heteroatoms. The third-order valence-electron chi connectivity index (χ3n) is 3.08. The van der Waals surface area contributed by atoms with Gasteiger partial charge in [-0.15, -0.1) is 0 Å². The number of aliphatic carboxylic acids is 1. The molecule has 1 atom stereocenters. The van der Waals surface area contributed by atoms with Crippen LogP contribution in [0.15, 0.2) is 29.2 Å². The minimum Gasteiger partial charge on any atom is -0.480 e. The number of hydrogen-bond donors (Lipinski definition) is 2. The van der Waals surface area contributed by atoms with Crippen molar-refractivity contribution in [1.29, 1.82) is 0 Å². The first-order valence-electron chi connectivity index (χ1n) is 6.73. The molecule has 0 aliphatic heterocycles. The zero-order valence-corrected chi connectivity index (χ0v) is 12.6. The minimum absolute atomic E-state index is 0.0496. The topological polar surface area (TPSA) is 83.5 Å². The Morgan fingerprint density at radius 1 is 1.25 bits per heavy atom. The molecule has 0 bridgehead atoms. The summed E-state index contributed by atoms with van der Waals surface area (Å²) in [6.45, 7) is 3.59. The number of anilines is 1. The van der Waals surface area contributed by atoms with E-state index < -0.39 is 21.8 Å². The highest BCUT2D eigenvalue weighted by Crippen LogP contribution is 2.17. The smallest absolute Gasteiger partial charge is 0.326 e. The third kappa shape index (κ3) is 4.52. The molecule has 0 aliphatic rings. The van der Waals surface area contributed by atoms with E-state index in [2.05, 4.69) is 5.32 Å². The van der Waals surface area contributed by atoms with Crippen LogP contribution in [0.3, 0.4) is 0 Å². The molecule has 0 unspecified atom stereocenters. The van der Waals surface area contributed by atoms with E-state index in [4.69, 9.17) is 5.11 Å². The molecule has 2 N–H and O–H groups in total. The number of sulfone groups is 1. The molecule has 0 saturated carbocycles. The third-order valence-corrected chi connectivity index (χ3v) is 4.83. The summed E-state index contributed by atoms with van der Waals surface area (Å²) < 4.78 is 23.3. The molecule has 0 amide bonds. The van der Waals surface area contributed by atoms with E-state index in [0.717, 1.165) is 12.8 Å². The second-order valence-electron chi connectivity index (χ2n) is 4.61. The van der Waals surface area contributed by atoms with E-state index in [9.17, 15) is 13.2 Å². The Hall–Kier alpha value is -1.56. The lowest BCUT2D eigenvalue weighted by molar-refractivity contribution is -0.138. The van der Waals surface area contributed by atoms with Crippen molar-refractivity contribution < 1.29 is 18.3 Å². The van der Waals surface area contributed by atoms with Crippen LogP contribution in [-0.4, -0.2) is 31.3 Å². The quantitative estimate of drug-likeness (QED) is 0.770. The largest absolute Gasteiger partial charge is 0.480 e. The van der Waals surface area contributed by atoms with Crippen LogP contribution >= 0.6 is 0 Å². The molecule has 5 nitrogen and oxygen atoms in total. The Kier molecular flexibility index (Phi) is 6.01. The van der Waals surface area contributed by atoms with Crippen molar-refractivity contribution >= 4 is 21.5 Å². The maximum absolute atomic E-state index is 11.7. The van der Waals surface area contributed by atoms with E-state index in [1.807, 2.05) is 6.92 Å². The highest BCUT2D eigenvalue weighted by molar-refractivity contribution is 7.91. The van der Waals surface area contributed by atoms with Crippen LogP contribution in [-0.2, 0) is 14.6 Å². The van der Waals surface area contributed by atoms with Crippen molar-refractivity contribution in [1.82, 2.24) is 0 Å². The van der Waals surface area contributed by atoms with Gasteiger partial charge in [-0.1, -0.05) is 26.7 Å². The first kappa shape index (κ1) is 16.5. The van der Waals surface area contributed by atoms with E-state index in [1.165, 1.54) is 12.1 Å². The van der Waals surface area contributed by atoms with Crippen molar-refractivity contribution in [2.45, 2.75) is 44.0 Å². The molecule has 0 radical (unpaired) electrons. The van der Waals surface area contributed by atoms with Crippen molar-refractivity contribution in [3.63, 3.8) is 0 Å². The monoisotopic (exact) mass is 299 g/mol. The molecule has 1 aromatic rings. The summed E-state index contributed by atoms with van der Waals surface area (Å²) >= 11 is 0. The van der Waals surface area contributed by atoms with Crippen LogP contribution in [0.2, 0.25) is 0 Å². The van der Waals surface area contributed by atoms with Crippen LogP contribution in [0.5, 0.6) is 0 Å². The van der Waals surface area contributed by atoms with Gasteiger partial charge in [-0.05, 0) is 30.7 Å². The van der Waals surface area contributed by atoms with Gasteiger partial charge in [0, 0.05) is 5.69 Å². The van der Waals surface area contributed by atoms with Gasteiger partial charge in [-0.2, -0.15) is 0 Å². The molecule has 0 heterocycles. The zero-order valence-electron chi connectivity index (χ0n) is 11.8. The predicted octanol–water partition coefficient (Wildman–Crippen LogP) is 2.54. The van der Waals surface area contributed by atoms with Crippen molar-refractivity contribution in [3.05, 3.63) is 24.3 Å². The summed E-state index contributed by atoms with van der Waals surface area (Å²) in [5, 5.41) is 12.0. The number of carbonyl (C=O) groups is 1. The van der Waals surface area contributed by atoms with Gasteiger partial charge >= 0.3 is 5.97 Å². The first-order valence-corrected chi connectivity index (χ1v) is 8.38. The van der Waals surface area contributed by atoms with Gasteiger partial charge in [0.1, 0.15) is 6.04 Å². The first-order chi connectivity index (χ1) is 9.40. The highest BCUT2D eigenvalue weighted by Gasteiger charge is 2.17. The minimum atomic E-state index is -3.22. The van der Waals surface area contributed by atoms with E-state index >= 15 is 0 Å². The number of carboxylic acid groups (broad SMARTS) is 1. The second kappa shape index (κ2) is 7.28. The van der Waals surface area contributed by atoms with Gasteiger partial charge < -0.3 is 10.4 Å². The maximum Gasteiger partial charge on any atom is 0.326 e. The molecular formula is C14H21NO4S. The van der Waals surface area contributed by atoms with Crippen molar-refractivity contribution in [2.75, 3.05) is 11.1 Å². The van der Waals surface area contributed by atoms with Gasteiger partial charge in [-0.25, -0.2) is 13.2 Å². The summed E-state index contributed by atoms with van der Waals surface area (Å²) in [4.78, 5) is 11.4.